The average molecular weight is 217 g/mol. The number of nitrogens with zero attached hydrogens (tertiary/aromatic N) is 2. The van der Waals surface area contributed by atoms with Crippen LogP contribution >= 0.6 is 0 Å². The van der Waals surface area contributed by atoms with Gasteiger partial charge in [0.25, 0.3) is 0 Å². The Balaban J connectivity index is 2.02. The Labute approximate surface area is 93.5 Å². The summed E-state index contributed by atoms with van der Waals surface area (Å²) in [5.74, 6) is 1.83. The number of fused-ring (bicyclic) bond motifs is 1. The highest BCUT2D eigenvalue weighted by atomic mass is 15.0. The minimum absolute atomic E-state index is 0.392. The van der Waals surface area contributed by atoms with Crippen molar-refractivity contribution in [1.82, 2.24) is 20.3 Å². The number of H-pyrrole nitrogens is 1. The molecule has 4 N–H and O–H groups in total. The van der Waals surface area contributed by atoms with Crippen LogP contribution in [0.3, 0.4) is 0 Å². The van der Waals surface area contributed by atoms with Gasteiger partial charge in [-0.15, -0.1) is 0 Å². The Bertz CT molecular complexity index is 498. The number of nitrogens with two attached hydrogens (primary N) is 1. The lowest BCUT2D eigenvalue weighted by atomic mass is 9.99. The summed E-state index contributed by atoms with van der Waals surface area (Å²) >= 11 is 0. The third-order valence-electron chi connectivity index (χ3n) is 3.12. The molecule has 0 aromatic carbocycles. The lowest BCUT2D eigenvalue weighted by Gasteiger charge is -2.21. The van der Waals surface area contributed by atoms with Gasteiger partial charge in [-0.1, -0.05) is 0 Å². The number of hydrogen-bond donors (Lipinski definition) is 3. The first-order valence-electron chi connectivity index (χ1n) is 5.66. The third-order valence-corrected chi connectivity index (χ3v) is 3.12. The van der Waals surface area contributed by atoms with Crippen molar-refractivity contribution >= 4 is 16.9 Å². The second-order valence-electron chi connectivity index (χ2n) is 4.25. The van der Waals surface area contributed by atoms with Crippen LogP contribution in [0.1, 0.15) is 24.6 Å². The zero-order chi connectivity index (χ0) is 11.0. The molecule has 0 amide bonds. The van der Waals surface area contributed by atoms with E-state index in [1.54, 1.807) is 0 Å². The van der Waals surface area contributed by atoms with Crippen molar-refractivity contribution in [2.45, 2.75) is 18.8 Å². The van der Waals surface area contributed by atoms with Crippen LogP contribution in [-0.4, -0.2) is 28.0 Å². The Morgan fingerprint density at radius 1 is 1.38 bits per heavy atom. The van der Waals surface area contributed by atoms with Crippen LogP contribution in [0.5, 0.6) is 0 Å². The van der Waals surface area contributed by atoms with Gasteiger partial charge in [-0.05, 0) is 25.5 Å². The average Bonchev–Trinajstić information content (AvgIpc) is 2.79. The van der Waals surface area contributed by atoms with E-state index in [4.69, 9.17) is 5.73 Å². The molecule has 2 aromatic rings. The van der Waals surface area contributed by atoms with E-state index in [1.807, 2.05) is 12.3 Å². The lowest BCUT2D eigenvalue weighted by Crippen LogP contribution is -2.29. The molecule has 5 heteroatoms. The molecular formula is C11H15N5. The van der Waals surface area contributed by atoms with Crippen molar-refractivity contribution in [3.8, 4) is 0 Å². The number of anilines is 1. The van der Waals surface area contributed by atoms with E-state index >= 15 is 0 Å². The number of aromatic nitrogens is 3. The third kappa shape index (κ3) is 1.53. The molecule has 0 aliphatic carbocycles. The van der Waals surface area contributed by atoms with Crippen LogP contribution in [0, 0.1) is 0 Å². The Kier molecular flexibility index (Phi) is 2.25. The second kappa shape index (κ2) is 3.75. The summed E-state index contributed by atoms with van der Waals surface area (Å²) < 4.78 is 0. The highest BCUT2D eigenvalue weighted by Gasteiger charge is 2.19. The van der Waals surface area contributed by atoms with Crippen LogP contribution in [0.15, 0.2) is 12.3 Å². The minimum atomic E-state index is 0.392. The van der Waals surface area contributed by atoms with Crippen LogP contribution in [0.2, 0.25) is 0 Å². The summed E-state index contributed by atoms with van der Waals surface area (Å²) in [4.78, 5) is 12.0. The van der Waals surface area contributed by atoms with Gasteiger partial charge in [0.2, 0.25) is 0 Å². The lowest BCUT2D eigenvalue weighted by molar-refractivity contribution is 0.447. The van der Waals surface area contributed by atoms with Crippen LogP contribution in [-0.2, 0) is 0 Å². The number of hydrogen-bond acceptors (Lipinski definition) is 4. The molecule has 1 aliphatic heterocycles. The van der Waals surface area contributed by atoms with E-state index in [-0.39, 0.29) is 0 Å². The zero-order valence-electron chi connectivity index (χ0n) is 9.03. The summed E-state index contributed by atoms with van der Waals surface area (Å²) in [6, 6.07) is 1.91. The summed E-state index contributed by atoms with van der Waals surface area (Å²) in [6.45, 7) is 2.04. The normalized spacial score (nSPS) is 21.4. The minimum Gasteiger partial charge on any atom is -0.383 e. The largest absolute Gasteiger partial charge is 0.383 e. The van der Waals surface area contributed by atoms with E-state index in [2.05, 4.69) is 20.3 Å². The van der Waals surface area contributed by atoms with Crippen molar-refractivity contribution in [3.05, 3.63) is 18.1 Å². The van der Waals surface area contributed by atoms with Crippen LogP contribution < -0.4 is 11.1 Å². The molecule has 0 saturated carbocycles. The van der Waals surface area contributed by atoms with Gasteiger partial charge in [0, 0.05) is 18.7 Å². The van der Waals surface area contributed by atoms with Crippen molar-refractivity contribution in [2.24, 2.45) is 0 Å². The number of aromatic amines is 1. The molecule has 0 unspecified atom stereocenters. The highest BCUT2D eigenvalue weighted by Crippen LogP contribution is 2.24. The molecule has 0 radical (unpaired) electrons. The number of rotatable bonds is 1. The highest BCUT2D eigenvalue weighted by molar-refractivity contribution is 5.85. The van der Waals surface area contributed by atoms with Crippen LogP contribution in [0.4, 0.5) is 5.82 Å². The molecule has 1 aliphatic rings. The molecular weight excluding hydrogens is 202 g/mol. The summed E-state index contributed by atoms with van der Waals surface area (Å²) in [5.41, 5.74) is 6.76. The SMILES string of the molecule is Nc1nc([C@@H]2CCCNC2)nc2[nH]ccc12. The molecule has 2 aromatic heterocycles. The Morgan fingerprint density at radius 3 is 3.12 bits per heavy atom. The van der Waals surface area contributed by atoms with Gasteiger partial charge < -0.3 is 16.0 Å². The van der Waals surface area contributed by atoms with Gasteiger partial charge in [0.1, 0.15) is 17.3 Å². The fourth-order valence-electron chi connectivity index (χ4n) is 2.24. The predicted octanol–water partition coefficient (Wildman–Crippen LogP) is 1.01. The molecule has 16 heavy (non-hydrogen) atoms. The first-order valence-corrected chi connectivity index (χ1v) is 5.66. The quantitative estimate of drug-likeness (QED) is 0.666. The van der Waals surface area contributed by atoms with E-state index in [1.165, 1.54) is 6.42 Å². The van der Waals surface area contributed by atoms with E-state index in [0.717, 1.165) is 36.4 Å². The number of nitrogens with one attached hydrogen (secondary N) is 2. The topological polar surface area (TPSA) is 79.6 Å². The first-order chi connectivity index (χ1) is 7.84. The van der Waals surface area contributed by atoms with E-state index < -0.39 is 0 Å². The molecule has 1 fully saturated rings. The van der Waals surface area contributed by atoms with E-state index in [0.29, 0.717) is 11.7 Å². The maximum absolute atomic E-state index is 5.92. The van der Waals surface area contributed by atoms with Gasteiger partial charge in [-0.3, -0.25) is 0 Å². The first kappa shape index (κ1) is 9.59. The van der Waals surface area contributed by atoms with Gasteiger partial charge in [-0.25, -0.2) is 9.97 Å². The number of piperidine rings is 1. The molecule has 5 nitrogen and oxygen atoms in total. The molecule has 0 bridgehead atoms. The Morgan fingerprint density at radius 2 is 2.31 bits per heavy atom. The molecule has 0 spiro atoms. The summed E-state index contributed by atoms with van der Waals surface area (Å²) in [5, 5.41) is 4.27. The predicted molar refractivity (Wildman–Crippen MR) is 63.1 cm³/mol. The monoisotopic (exact) mass is 217 g/mol. The Hall–Kier alpha value is -1.62. The summed E-state index contributed by atoms with van der Waals surface area (Å²) in [6.07, 6.45) is 4.16. The standard InChI is InChI=1S/C11H15N5/c12-9-8-3-5-14-11(8)16-10(15-9)7-2-1-4-13-6-7/h3,5,7,13H,1-2,4,6H2,(H3,12,14,15,16)/t7-/m1/s1. The van der Waals surface area contributed by atoms with Gasteiger partial charge in [-0.2, -0.15) is 0 Å². The van der Waals surface area contributed by atoms with E-state index in [9.17, 15) is 0 Å². The maximum atomic E-state index is 5.92. The smallest absolute Gasteiger partial charge is 0.143 e. The molecule has 3 heterocycles. The van der Waals surface area contributed by atoms with Crippen molar-refractivity contribution in [3.63, 3.8) is 0 Å². The van der Waals surface area contributed by atoms with Crippen LogP contribution in [0.25, 0.3) is 11.0 Å². The fourth-order valence-corrected chi connectivity index (χ4v) is 2.24. The van der Waals surface area contributed by atoms with Crippen molar-refractivity contribution in [2.75, 3.05) is 18.8 Å². The molecule has 3 rings (SSSR count). The fraction of sp³-hybridized carbons (Fsp3) is 0.455. The van der Waals surface area contributed by atoms with Crippen molar-refractivity contribution in [1.29, 1.82) is 0 Å². The summed E-state index contributed by atoms with van der Waals surface area (Å²) in [7, 11) is 0. The van der Waals surface area contributed by atoms with Gasteiger partial charge >= 0.3 is 0 Å². The maximum Gasteiger partial charge on any atom is 0.143 e. The zero-order valence-corrected chi connectivity index (χ0v) is 9.03. The number of nitrogen functional groups attached to an aromatic ring is 1. The van der Waals surface area contributed by atoms with Gasteiger partial charge in [0.15, 0.2) is 0 Å². The molecule has 1 saturated heterocycles. The molecule has 1 atom stereocenters. The molecule has 84 valence electrons. The van der Waals surface area contributed by atoms with Crippen molar-refractivity contribution < 1.29 is 0 Å². The van der Waals surface area contributed by atoms with Gasteiger partial charge in [0.05, 0.1) is 5.39 Å². The second-order valence-corrected chi connectivity index (χ2v) is 4.25.